The Labute approximate surface area is 152 Å². The molecule has 3 rings (SSSR count). The number of aromatic nitrogens is 1. The van der Waals surface area contributed by atoms with Crippen LogP contribution < -0.4 is 10.6 Å². The zero-order valence-corrected chi connectivity index (χ0v) is 16.4. The van der Waals surface area contributed by atoms with E-state index in [4.69, 9.17) is 0 Å². The number of hydrogen-bond donors (Lipinski definition) is 2. The molecule has 1 aromatic rings. The maximum Gasteiger partial charge on any atom is 0.220 e. The van der Waals surface area contributed by atoms with Crippen LogP contribution in [0.3, 0.4) is 0 Å². The van der Waals surface area contributed by atoms with Gasteiger partial charge in [0.2, 0.25) is 5.91 Å². The summed E-state index contributed by atoms with van der Waals surface area (Å²) in [6, 6.07) is 4.13. The number of pyridine rings is 1. The van der Waals surface area contributed by atoms with E-state index in [1.165, 1.54) is 18.4 Å². The molecule has 1 aliphatic heterocycles. The molecule has 0 radical (unpaired) electrons. The van der Waals surface area contributed by atoms with Gasteiger partial charge in [0.1, 0.15) is 0 Å². The maximum absolute atomic E-state index is 12.8. The molecule has 0 unspecified atom stereocenters. The molecule has 4 nitrogen and oxygen atoms in total. The van der Waals surface area contributed by atoms with Gasteiger partial charge in [-0.1, -0.05) is 6.07 Å². The van der Waals surface area contributed by atoms with Crippen LogP contribution in [0, 0.1) is 18.8 Å². The molecule has 1 atom stereocenters. The van der Waals surface area contributed by atoms with Crippen LogP contribution in [0.25, 0.3) is 0 Å². The van der Waals surface area contributed by atoms with E-state index in [1.807, 2.05) is 12.3 Å². The number of carbonyl (C=O) groups excluding carboxylic acids is 1. The maximum atomic E-state index is 12.8. The Morgan fingerprint density at radius 1 is 1.28 bits per heavy atom. The van der Waals surface area contributed by atoms with Gasteiger partial charge in [0.15, 0.2) is 0 Å². The molecule has 1 saturated carbocycles. The van der Waals surface area contributed by atoms with E-state index in [0.29, 0.717) is 18.3 Å². The minimum atomic E-state index is 0.0800. The summed E-state index contributed by atoms with van der Waals surface area (Å²) in [5.74, 6) is 1.16. The number of piperidine rings is 1. The quantitative estimate of drug-likeness (QED) is 0.852. The highest BCUT2D eigenvalue weighted by atomic mass is 16.1. The van der Waals surface area contributed by atoms with E-state index < -0.39 is 0 Å². The van der Waals surface area contributed by atoms with Gasteiger partial charge in [-0.3, -0.25) is 9.78 Å². The van der Waals surface area contributed by atoms with Crippen LogP contribution in [0.1, 0.15) is 77.1 Å². The largest absolute Gasteiger partial charge is 0.347 e. The average Bonchev–Trinajstić information content (AvgIpc) is 3.26. The van der Waals surface area contributed by atoms with Crippen molar-refractivity contribution >= 4 is 5.91 Å². The molecule has 0 aromatic carbocycles. The fourth-order valence-corrected chi connectivity index (χ4v) is 4.84. The smallest absolute Gasteiger partial charge is 0.220 e. The summed E-state index contributed by atoms with van der Waals surface area (Å²) in [4.78, 5) is 17.4. The number of hydrogen-bond acceptors (Lipinski definition) is 3. The van der Waals surface area contributed by atoms with Crippen molar-refractivity contribution in [1.82, 2.24) is 15.6 Å². The molecule has 2 heterocycles. The second kappa shape index (κ2) is 6.71. The van der Waals surface area contributed by atoms with Gasteiger partial charge >= 0.3 is 0 Å². The van der Waals surface area contributed by atoms with Gasteiger partial charge in [-0.05, 0) is 83.8 Å². The monoisotopic (exact) mass is 343 g/mol. The first-order valence-electron chi connectivity index (χ1n) is 9.65. The molecule has 1 amide bonds. The Bertz CT molecular complexity index is 618. The molecule has 2 fully saturated rings. The molecule has 1 aliphatic carbocycles. The summed E-state index contributed by atoms with van der Waals surface area (Å²) in [5.41, 5.74) is 2.38. The van der Waals surface area contributed by atoms with Gasteiger partial charge in [-0.15, -0.1) is 0 Å². The molecule has 1 aromatic heterocycles. The van der Waals surface area contributed by atoms with Gasteiger partial charge < -0.3 is 10.6 Å². The van der Waals surface area contributed by atoms with Gasteiger partial charge in [-0.25, -0.2) is 0 Å². The Balaban J connectivity index is 1.66. The predicted molar refractivity (Wildman–Crippen MR) is 101 cm³/mol. The third kappa shape index (κ3) is 4.81. The van der Waals surface area contributed by atoms with E-state index in [1.54, 1.807) is 0 Å². The van der Waals surface area contributed by atoms with E-state index in [9.17, 15) is 4.79 Å². The van der Waals surface area contributed by atoms with E-state index in [2.05, 4.69) is 56.3 Å². The molecule has 25 heavy (non-hydrogen) atoms. The van der Waals surface area contributed by atoms with E-state index in [0.717, 1.165) is 18.5 Å². The topological polar surface area (TPSA) is 54.0 Å². The summed E-state index contributed by atoms with van der Waals surface area (Å²) in [6.07, 6.45) is 6.91. The summed E-state index contributed by atoms with van der Waals surface area (Å²) in [7, 11) is 0. The first-order chi connectivity index (χ1) is 11.7. The van der Waals surface area contributed by atoms with Crippen LogP contribution in [0.5, 0.6) is 0 Å². The Hall–Kier alpha value is -1.42. The standard InChI is InChI=1S/C21H33N3O/c1-14-7-6-10-22-18(14)19(16-8-9-16)23-17(25)11-15-12-20(2,3)24-21(4,5)13-15/h6-7,10,15-16,19,24H,8-9,11-13H2,1-5H3,(H,23,25)/t19-/m0/s1. The Morgan fingerprint density at radius 2 is 1.92 bits per heavy atom. The lowest BCUT2D eigenvalue weighted by molar-refractivity contribution is -0.123. The van der Waals surface area contributed by atoms with Gasteiger partial charge in [0, 0.05) is 23.7 Å². The van der Waals surface area contributed by atoms with Crippen LogP contribution in [0.4, 0.5) is 0 Å². The number of nitrogens with zero attached hydrogens (tertiary/aromatic N) is 1. The number of amides is 1. The molecular formula is C21H33N3O. The zero-order chi connectivity index (χ0) is 18.2. The molecular weight excluding hydrogens is 310 g/mol. The van der Waals surface area contributed by atoms with Crippen molar-refractivity contribution in [3.05, 3.63) is 29.6 Å². The Morgan fingerprint density at radius 3 is 2.48 bits per heavy atom. The van der Waals surface area contributed by atoms with Crippen LogP contribution >= 0.6 is 0 Å². The van der Waals surface area contributed by atoms with Crippen molar-refractivity contribution in [2.45, 2.75) is 83.8 Å². The lowest BCUT2D eigenvalue weighted by Crippen LogP contribution is -2.58. The van der Waals surface area contributed by atoms with Crippen molar-refractivity contribution in [2.24, 2.45) is 11.8 Å². The highest BCUT2D eigenvalue weighted by Gasteiger charge is 2.39. The van der Waals surface area contributed by atoms with Gasteiger partial charge in [0.25, 0.3) is 0 Å². The fraction of sp³-hybridized carbons (Fsp3) is 0.714. The number of aryl methyl sites for hydroxylation is 1. The number of rotatable bonds is 5. The molecule has 0 spiro atoms. The van der Waals surface area contributed by atoms with Crippen LogP contribution in [-0.2, 0) is 4.79 Å². The molecule has 2 N–H and O–H groups in total. The lowest BCUT2D eigenvalue weighted by Gasteiger charge is -2.46. The average molecular weight is 344 g/mol. The first kappa shape index (κ1) is 18.4. The van der Waals surface area contributed by atoms with Crippen molar-refractivity contribution in [3.63, 3.8) is 0 Å². The third-order valence-electron chi connectivity index (χ3n) is 5.50. The number of carbonyl (C=O) groups is 1. The molecule has 4 heteroatoms. The molecule has 2 aliphatic rings. The van der Waals surface area contributed by atoms with Crippen molar-refractivity contribution in [3.8, 4) is 0 Å². The summed E-state index contributed by atoms with van der Waals surface area (Å²) >= 11 is 0. The Kier molecular flexibility index (Phi) is 4.93. The van der Waals surface area contributed by atoms with Crippen LogP contribution in [0.15, 0.2) is 18.3 Å². The fourth-order valence-electron chi connectivity index (χ4n) is 4.84. The van der Waals surface area contributed by atoms with Crippen molar-refractivity contribution < 1.29 is 4.79 Å². The second-order valence-corrected chi connectivity index (χ2v) is 9.46. The van der Waals surface area contributed by atoms with Crippen LogP contribution in [0.2, 0.25) is 0 Å². The van der Waals surface area contributed by atoms with Crippen molar-refractivity contribution in [1.29, 1.82) is 0 Å². The molecule has 1 saturated heterocycles. The second-order valence-electron chi connectivity index (χ2n) is 9.46. The SMILES string of the molecule is Cc1cccnc1[C@@H](NC(=O)CC1CC(C)(C)NC(C)(C)C1)C1CC1. The summed E-state index contributed by atoms with van der Waals surface area (Å²) < 4.78 is 0. The van der Waals surface area contributed by atoms with Gasteiger partial charge in [0.05, 0.1) is 11.7 Å². The number of nitrogens with one attached hydrogen (secondary N) is 2. The normalized spacial score (nSPS) is 23.9. The third-order valence-corrected chi connectivity index (χ3v) is 5.50. The minimum Gasteiger partial charge on any atom is -0.347 e. The summed E-state index contributed by atoms with van der Waals surface area (Å²) in [6.45, 7) is 11.0. The molecule has 0 bridgehead atoms. The van der Waals surface area contributed by atoms with Gasteiger partial charge in [-0.2, -0.15) is 0 Å². The zero-order valence-electron chi connectivity index (χ0n) is 16.4. The first-order valence-corrected chi connectivity index (χ1v) is 9.65. The highest BCUT2D eigenvalue weighted by Crippen LogP contribution is 2.41. The van der Waals surface area contributed by atoms with Crippen molar-refractivity contribution in [2.75, 3.05) is 0 Å². The van der Waals surface area contributed by atoms with E-state index >= 15 is 0 Å². The molecule has 138 valence electrons. The predicted octanol–water partition coefficient (Wildman–Crippen LogP) is 3.90. The summed E-state index contributed by atoms with van der Waals surface area (Å²) in [5, 5.41) is 7.01. The minimum absolute atomic E-state index is 0.0800. The van der Waals surface area contributed by atoms with Crippen LogP contribution in [-0.4, -0.2) is 22.0 Å². The van der Waals surface area contributed by atoms with E-state index in [-0.39, 0.29) is 23.0 Å². The lowest BCUT2D eigenvalue weighted by atomic mass is 9.74. The highest BCUT2D eigenvalue weighted by molar-refractivity contribution is 5.76.